The molecule has 4 heteroatoms. The van der Waals surface area contributed by atoms with Crippen molar-refractivity contribution < 1.29 is 14.3 Å². The van der Waals surface area contributed by atoms with Crippen LogP contribution in [-0.4, -0.2) is 44.4 Å². The summed E-state index contributed by atoms with van der Waals surface area (Å²) in [5, 5.41) is 0. The van der Waals surface area contributed by atoms with Crippen LogP contribution in [0.5, 0.6) is 0 Å². The molecule has 124 valence electrons. The van der Waals surface area contributed by atoms with Crippen LogP contribution >= 0.6 is 0 Å². The van der Waals surface area contributed by atoms with Gasteiger partial charge in [-0.2, -0.15) is 0 Å². The van der Waals surface area contributed by atoms with Gasteiger partial charge in [-0.15, -0.1) is 0 Å². The van der Waals surface area contributed by atoms with Crippen LogP contribution in [0.4, 0.5) is 0 Å². The lowest BCUT2D eigenvalue weighted by molar-refractivity contribution is -0.141. The molecule has 0 aliphatic heterocycles. The van der Waals surface area contributed by atoms with Gasteiger partial charge in [0.1, 0.15) is 6.61 Å². The van der Waals surface area contributed by atoms with Crippen LogP contribution in [-0.2, 0) is 14.3 Å². The molecule has 0 rings (SSSR count). The van der Waals surface area contributed by atoms with Gasteiger partial charge in [0.05, 0.1) is 6.73 Å². The van der Waals surface area contributed by atoms with E-state index in [2.05, 4.69) is 34.6 Å². The van der Waals surface area contributed by atoms with Crippen LogP contribution in [0.3, 0.4) is 0 Å². The Hall–Kier alpha value is -0.610. The molecule has 0 aromatic carbocycles. The van der Waals surface area contributed by atoms with Gasteiger partial charge in [-0.1, -0.05) is 53.9 Å². The Kier molecular flexibility index (Phi) is 28.7. The van der Waals surface area contributed by atoms with Gasteiger partial charge < -0.3 is 9.47 Å². The minimum Gasteiger partial charge on any atom is -0.465 e. The summed E-state index contributed by atoms with van der Waals surface area (Å²) in [4.78, 5) is 12.4. The minimum atomic E-state index is -0.231. The van der Waals surface area contributed by atoms with Crippen LogP contribution in [0, 0.1) is 0 Å². The number of carbonyl (C=O) groups is 1. The average Bonchev–Trinajstić information content (AvgIpc) is 2.36. The predicted octanol–water partition coefficient (Wildman–Crippen LogP) is 4.09. The molecule has 0 saturated heterocycles. The molecule has 0 aliphatic rings. The first-order valence-corrected chi connectivity index (χ1v) is 7.89. The summed E-state index contributed by atoms with van der Waals surface area (Å²) < 4.78 is 10.2. The van der Waals surface area contributed by atoms with Crippen LogP contribution in [0.2, 0.25) is 0 Å². The summed E-state index contributed by atoms with van der Waals surface area (Å²) in [7, 11) is 1.94. The summed E-state index contributed by atoms with van der Waals surface area (Å²) in [6.07, 6.45) is 4.74. The molecule has 0 radical (unpaired) electrons. The highest BCUT2D eigenvalue weighted by Gasteiger charge is 1.99. The second-order valence-electron chi connectivity index (χ2n) is 4.72. The number of esters is 1. The van der Waals surface area contributed by atoms with E-state index in [9.17, 15) is 4.79 Å². The molecule has 0 N–H and O–H groups in total. The predicted molar refractivity (Wildman–Crippen MR) is 86.9 cm³/mol. The zero-order chi connectivity index (χ0) is 16.2. The Bertz CT molecular complexity index is 173. The van der Waals surface area contributed by atoms with Crippen molar-refractivity contribution in [1.82, 2.24) is 4.90 Å². The van der Waals surface area contributed by atoms with Gasteiger partial charge >= 0.3 is 5.97 Å². The molecule has 0 amide bonds. The third-order valence-corrected chi connectivity index (χ3v) is 1.73. The summed E-state index contributed by atoms with van der Waals surface area (Å²) in [5.41, 5.74) is 0. The van der Waals surface area contributed by atoms with Gasteiger partial charge in [-0.25, -0.2) is 0 Å². The standard InChI is InChI=1S/C10H21NO3.2C3H8/c1-4-5-7-13-9-11(3)6-8-14-10(2)12;2*1-3-2/h4-9H2,1-3H3;2*3H2,1-2H3. The third-order valence-electron chi connectivity index (χ3n) is 1.73. The molecule has 0 saturated carbocycles. The van der Waals surface area contributed by atoms with Gasteiger partial charge in [0.25, 0.3) is 0 Å². The maximum atomic E-state index is 10.5. The summed E-state index contributed by atoms with van der Waals surface area (Å²) >= 11 is 0. The molecular formula is C16H37NO3. The van der Waals surface area contributed by atoms with E-state index in [1.54, 1.807) is 0 Å². The highest BCUT2D eigenvalue weighted by Crippen LogP contribution is 1.90. The van der Waals surface area contributed by atoms with E-state index < -0.39 is 0 Å². The zero-order valence-corrected chi connectivity index (χ0v) is 14.8. The van der Waals surface area contributed by atoms with Crippen LogP contribution in [0.1, 0.15) is 67.2 Å². The molecule has 0 heterocycles. The van der Waals surface area contributed by atoms with Crippen molar-refractivity contribution in [2.75, 3.05) is 33.5 Å². The summed E-state index contributed by atoms with van der Waals surface area (Å²) in [6, 6.07) is 0. The minimum absolute atomic E-state index is 0.231. The number of unbranched alkanes of at least 4 members (excludes halogenated alkanes) is 1. The molecule has 20 heavy (non-hydrogen) atoms. The fourth-order valence-corrected chi connectivity index (χ4v) is 0.877. The molecule has 0 spiro atoms. The van der Waals surface area contributed by atoms with Gasteiger partial charge in [-0.05, 0) is 13.5 Å². The molecule has 0 bridgehead atoms. The third kappa shape index (κ3) is 36.0. The van der Waals surface area contributed by atoms with Gasteiger partial charge in [0.2, 0.25) is 0 Å². The number of hydrogen-bond acceptors (Lipinski definition) is 4. The molecule has 0 aromatic rings. The topological polar surface area (TPSA) is 38.8 Å². The van der Waals surface area contributed by atoms with Crippen molar-refractivity contribution in [3.63, 3.8) is 0 Å². The highest BCUT2D eigenvalue weighted by molar-refractivity contribution is 5.65. The fourth-order valence-electron chi connectivity index (χ4n) is 0.877. The van der Waals surface area contributed by atoms with Crippen molar-refractivity contribution >= 4 is 5.97 Å². The van der Waals surface area contributed by atoms with Crippen molar-refractivity contribution in [3.8, 4) is 0 Å². The first-order valence-electron chi connectivity index (χ1n) is 7.89. The lowest BCUT2D eigenvalue weighted by Gasteiger charge is -2.16. The van der Waals surface area contributed by atoms with E-state index in [-0.39, 0.29) is 5.97 Å². The lowest BCUT2D eigenvalue weighted by Crippen LogP contribution is -2.26. The van der Waals surface area contributed by atoms with Crippen LogP contribution < -0.4 is 0 Å². The van der Waals surface area contributed by atoms with Gasteiger partial charge in [0.15, 0.2) is 0 Å². The quantitative estimate of drug-likeness (QED) is 0.383. The Morgan fingerprint density at radius 3 is 1.90 bits per heavy atom. The zero-order valence-electron chi connectivity index (χ0n) is 14.8. The molecule has 0 atom stereocenters. The van der Waals surface area contributed by atoms with Crippen LogP contribution in [0.25, 0.3) is 0 Å². The largest absolute Gasteiger partial charge is 0.465 e. The lowest BCUT2D eigenvalue weighted by atomic mass is 10.4. The van der Waals surface area contributed by atoms with E-state index >= 15 is 0 Å². The molecule has 0 aliphatic carbocycles. The Balaban J connectivity index is -0.000000408. The number of ether oxygens (including phenoxy) is 2. The average molecular weight is 291 g/mol. The molecular weight excluding hydrogens is 254 g/mol. The first kappa shape index (κ1) is 24.4. The van der Waals surface area contributed by atoms with Gasteiger partial charge in [0, 0.05) is 20.1 Å². The van der Waals surface area contributed by atoms with E-state index in [1.165, 1.54) is 19.8 Å². The number of likely N-dealkylation sites (N-methyl/N-ethyl adjacent to an activating group) is 1. The fraction of sp³-hybridized carbons (Fsp3) is 0.938. The number of carbonyl (C=O) groups excluding carboxylic acids is 1. The van der Waals surface area contributed by atoms with Gasteiger partial charge in [-0.3, -0.25) is 9.69 Å². The molecule has 0 fully saturated rings. The Morgan fingerprint density at radius 2 is 1.50 bits per heavy atom. The van der Waals surface area contributed by atoms with E-state index in [0.717, 1.165) is 19.4 Å². The molecule has 4 nitrogen and oxygen atoms in total. The van der Waals surface area contributed by atoms with E-state index in [0.29, 0.717) is 19.9 Å². The summed E-state index contributed by atoms with van der Waals surface area (Å²) in [6.45, 7) is 14.6. The van der Waals surface area contributed by atoms with E-state index in [1.807, 2.05) is 11.9 Å². The van der Waals surface area contributed by atoms with Crippen molar-refractivity contribution in [2.45, 2.75) is 67.2 Å². The Morgan fingerprint density at radius 1 is 1.00 bits per heavy atom. The smallest absolute Gasteiger partial charge is 0.302 e. The highest BCUT2D eigenvalue weighted by atomic mass is 16.5. The van der Waals surface area contributed by atoms with E-state index in [4.69, 9.17) is 9.47 Å². The normalized spacial score (nSPS) is 9.20. The van der Waals surface area contributed by atoms with Crippen molar-refractivity contribution in [2.24, 2.45) is 0 Å². The van der Waals surface area contributed by atoms with Crippen molar-refractivity contribution in [1.29, 1.82) is 0 Å². The number of rotatable bonds is 8. The molecule has 0 unspecified atom stereocenters. The number of hydrogen-bond donors (Lipinski definition) is 0. The Labute approximate surface area is 126 Å². The second kappa shape index (κ2) is 23.5. The first-order chi connectivity index (χ1) is 9.49. The maximum Gasteiger partial charge on any atom is 0.302 e. The molecule has 0 aromatic heterocycles. The maximum absolute atomic E-state index is 10.5. The monoisotopic (exact) mass is 291 g/mol. The second-order valence-corrected chi connectivity index (χ2v) is 4.72. The number of nitrogens with zero attached hydrogens (tertiary/aromatic N) is 1. The van der Waals surface area contributed by atoms with Crippen molar-refractivity contribution in [3.05, 3.63) is 0 Å². The summed E-state index contributed by atoms with van der Waals surface area (Å²) in [5.74, 6) is -0.231. The SMILES string of the molecule is CCC.CCC.CCCCOCN(C)CCOC(C)=O. The van der Waals surface area contributed by atoms with Crippen LogP contribution in [0.15, 0.2) is 0 Å².